The van der Waals surface area contributed by atoms with E-state index in [4.69, 9.17) is 0 Å². The van der Waals surface area contributed by atoms with Crippen LogP contribution < -0.4 is 5.32 Å². The van der Waals surface area contributed by atoms with Gasteiger partial charge in [0.25, 0.3) is 5.69 Å². The second-order valence-corrected chi connectivity index (χ2v) is 4.52. The first-order valence-electron chi connectivity index (χ1n) is 4.66. The van der Waals surface area contributed by atoms with Gasteiger partial charge < -0.3 is 5.32 Å². The Kier molecular flexibility index (Phi) is 2.97. The lowest BCUT2D eigenvalue weighted by Crippen LogP contribution is -2.43. The van der Waals surface area contributed by atoms with Crippen LogP contribution in [0.25, 0.3) is 0 Å². The molecule has 0 saturated carbocycles. The van der Waals surface area contributed by atoms with E-state index in [-0.39, 0.29) is 10.6 Å². The van der Waals surface area contributed by atoms with Crippen molar-refractivity contribution in [2.24, 2.45) is 5.92 Å². The number of rotatable bonds is 3. The highest BCUT2D eigenvalue weighted by molar-refractivity contribution is 9.10. The molecule has 80 valence electrons. The van der Waals surface area contributed by atoms with E-state index in [1.807, 2.05) is 0 Å². The van der Waals surface area contributed by atoms with E-state index < -0.39 is 0 Å². The highest BCUT2D eigenvalue weighted by atomic mass is 79.9. The molecular formula is C9H10BrN3O2. The minimum Gasteiger partial charge on any atom is -0.316 e. The van der Waals surface area contributed by atoms with E-state index in [0.717, 1.165) is 13.1 Å². The molecule has 0 unspecified atom stereocenters. The highest BCUT2D eigenvalue weighted by Crippen LogP contribution is 2.24. The Bertz CT molecular complexity index is 393. The van der Waals surface area contributed by atoms with E-state index in [9.17, 15) is 10.1 Å². The van der Waals surface area contributed by atoms with Crippen LogP contribution in [-0.4, -0.2) is 23.0 Å². The smallest absolute Gasteiger partial charge is 0.291 e. The third-order valence-electron chi connectivity index (χ3n) is 2.46. The van der Waals surface area contributed by atoms with Gasteiger partial charge in [0.05, 0.1) is 4.92 Å². The fraction of sp³-hybridized carbons (Fsp3) is 0.444. The van der Waals surface area contributed by atoms with Crippen molar-refractivity contribution in [3.63, 3.8) is 0 Å². The summed E-state index contributed by atoms with van der Waals surface area (Å²) in [4.78, 5) is 14.5. The maximum absolute atomic E-state index is 10.8. The van der Waals surface area contributed by atoms with E-state index >= 15 is 0 Å². The van der Waals surface area contributed by atoms with Gasteiger partial charge in [0.1, 0.15) is 5.69 Å². The zero-order valence-corrected chi connectivity index (χ0v) is 9.53. The van der Waals surface area contributed by atoms with Gasteiger partial charge in [0, 0.05) is 23.2 Å². The molecule has 2 rings (SSSR count). The van der Waals surface area contributed by atoms with Crippen molar-refractivity contribution in [1.29, 1.82) is 0 Å². The topological polar surface area (TPSA) is 68.1 Å². The Morgan fingerprint density at radius 2 is 2.40 bits per heavy atom. The molecule has 0 aliphatic carbocycles. The second kappa shape index (κ2) is 4.24. The lowest BCUT2D eigenvalue weighted by Gasteiger charge is -2.26. The van der Waals surface area contributed by atoms with Crippen molar-refractivity contribution in [1.82, 2.24) is 10.3 Å². The molecule has 0 amide bonds. The van der Waals surface area contributed by atoms with Gasteiger partial charge in [-0.25, -0.2) is 0 Å². The van der Waals surface area contributed by atoms with E-state index in [0.29, 0.717) is 22.5 Å². The lowest BCUT2D eigenvalue weighted by atomic mass is 9.96. The minimum atomic E-state index is -0.376. The Hall–Kier alpha value is -1.01. The molecule has 0 spiro atoms. The van der Waals surface area contributed by atoms with Gasteiger partial charge in [-0.2, -0.15) is 0 Å². The Morgan fingerprint density at radius 1 is 1.67 bits per heavy atom. The first-order valence-corrected chi connectivity index (χ1v) is 5.45. The summed E-state index contributed by atoms with van der Waals surface area (Å²) in [5.41, 5.74) is 0.686. The lowest BCUT2D eigenvalue weighted by molar-refractivity contribution is -0.386. The molecule has 0 atom stereocenters. The third-order valence-corrected chi connectivity index (χ3v) is 2.89. The summed E-state index contributed by atoms with van der Waals surface area (Å²) >= 11 is 3.18. The zero-order chi connectivity index (χ0) is 10.8. The van der Waals surface area contributed by atoms with Gasteiger partial charge in [-0.05, 0) is 34.9 Å². The van der Waals surface area contributed by atoms with Gasteiger partial charge >= 0.3 is 0 Å². The van der Waals surface area contributed by atoms with Gasteiger partial charge in [0.2, 0.25) is 0 Å². The van der Waals surface area contributed by atoms with E-state index in [2.05, 4.69) is 26.2 Å². The molecular weight excluding hydrogens is 262 g/mol. The average Bonchev–Trinajstić information content (AvgIpc) is 2.12. The number of hydrogen-bond acceptors (Lipinski definition) is 4. The maximum atomic E-state index is 10.8. The molecule has 1 N–H and O–H groups in total. The molecule has 1 aliphatic rings. The number of aromatic nitrogens is 1. The molecule has 15 heavy (non-hydrogen) atoms. The summed E-state index contributed by atoms with van der Waals surface area (Å²) < 4.78 is 0.643. The SMILES string of the molecule is O=[N+]([O-])c1cc(Br)cnc1CC1CNC1. The van der Waals surface area contributed by atoms with Crippen LogP contribution in [0.1, 0.15) is 5.69 Å². The number of nitrogens with one attached hydrogen (secondary N) is 1. The summed E-state index contributed by atoms with van der Waals surface area (Å²) in [7, 11) is 0. The highest BCUT2D eigenvalue weighted by Gasteiger charge is 2.23. The summed E-state index contributed by atoms with van der Waals surface area (Å²) in [6.07, 6.45) is 2.28. The minimum absolute atomic E-state index is 0.108. The largest absolute Gasteiger partial charge is 0.316 e. The first kappa shape index (κ1) is 10.5. The van der Waals surface area contributed by atoms with Crippen molar-refractivity contribution >= 4 is 21.6 Å². The van der Waals surface area contributed by atoms with Crippen LogP contribution in [0.3, 0.4) is 0 Å². The molecule has 1 saturated heterocycles. The van der Waals surface area contributed by atoms with E-state index in [1.165, 1.54) is 6.07 Å². The van der Waals surface area contributed by atoms with Gasteiger partial charge in [-0.1, -0.05) is 0 Å². The van der Waals surface area contributed by atoms with Crippen molar-refractivity contribution in [2.75, 3.05) is 13.1 Å². The van der Waals surface area contributed by atoms with Crippen LogP contribution in [0, 0.1) is 16.0 Å². The van der Waals surface area contributed by atoms with Crippen LogP contribution in [0.4, 0.5) is 5.69 Å². The summed E-state index contributed by atoms with van der Waals surface area (Å²) in [5.74, 6) is 0.484. The number of hydrogen-bond donors (Lipinski definition) is 1. The number of nitrogens with zero attached hydrogens (tertiary/aromatic N) is 2. The average molecular weight is 272 g/mol. The molecule has 6 heteroatoms. The van der Waals surface area contributed by atoms with Gasteiger partial charge in [-0.15, -0.1) is 0 Å². The Morgan fingerprint density at radius 3 is 2.93 bits per heavy atom. The van der Waals surface area contributed by atoms with Crippen molar-refractivity contribution < 1.29 is 4.92 Å². The quantitative estimate of drug-likeness (QED) is 0.669. The fourth-order valence-corrected chi connectivity index (χ4v) is 1.86. The molecule has 1 aliphatic heterocycles. The van der Waals surface area contributed by atoms with Crippen molar-refractivity contribution in [2.45, 2.75) is 6.42 Å². The monoisotopic (exact) mass is 271 g/mol. The molecule has 5 nitrogen and oxygen atoms in total. The molecule has 2 heterocycles. The molecule has 1 fully saturated rings. The van der Waals surface area contributed by atoms with Crippen molar-refractivity contribution in [3.05, 3.63) is 32.5 Å². The Balaban J connectivity index is 2.23. The standard InChI is InChI=1S/C9H10BrN3O2/c10-7-2-9(13(14)15)8(12-5-7)1-6-3-11-4-6/h2,5-6,11H,1,3-4H2. The number of halogens is 1. The molecule has 1 aromatic heterocycles. The third kappa shape index (κ3) is 2.32. The van der Waals surface area contributed by atoms with Gasteiger partial charge in [-0.3, -0.25) is 15.1 Å². The van der Waals surface area contributed by atoms with Gasteiger partial charge in [0.15, 0.2) is 0 Å². The fourth-order valence-electron chi connectivity index (χ4n) is 1.54. The number of pyridine rings is 1. The van der Waals surface area contributed by atoms with Crippen molar-refractivity contribution in [3.8, 4) is 0 Å². The predicted molar refractivity (Wildman–Crippen MR) is 58.7 cm³/mol. The normalized spacial score (nSPS) is 16.1. The van der Waals surface area contributed by atoms with Crippen LogP contribution >= 0.6 is 15.9 Å². The maximum Gasteiger partial charge on any atom is 0.291 e. The number of nitro groups is 1. The molecule has 0 radical (unpaired) electrons. The van der Waals surface area contributed by atoms with Crippen LogP contribution in [0.2, 0.25) is 0 Å². The van der Waals surface area contributed by atoms with Crippen LogP contribution in [-0.2, 0) is 6.42 Å². The zero-order valence-electron chi connectivity index (χ0n) is 7.94. The molecule has 1 aromatic rings. The summed E-state index contributed by atoms with van der Waals surface area (Å²) in [5, 5.41) is 13.9. The predicted octanol–water partition coefficient (Wildman–Crippen LogP) is 1.51. The second-order valence-electron chi connectivity index (χ2n) is 3.60. The molecule has 0 bridgehead atoms. The molecule has 0 aromatic carbocycles. The Labute approximate surface area is 95.2 Å². The van der Waals surface area contributed by atoms with Crippen LogP contribution in [0.5, 0.6) is 0 Å². The first-order chi connectivity index (χ1) is 7.16. The van der Waals surface area contributed by atoms with E-state index in [1.54, 1.807) is 6.20 Å². The summed E-state index contributed by atoms with van der Waals surface area (Å²) in [6.45, 7) is 1.85. The summed E-state index contributed by atoms with van der Waals surface area (Å²) in [6, 6.07) is 1.51. The van der Waals surface area contributed by atoms with Crippen LogP contribution in [0.15, 0.2) is 16.7 Å².